The van der Waals surface area contributed by atoms with Crippen LogP contribution in [0.15, 0.2) is 227 Å². The minimum atomic E-state index is -0.263. The first-order valence-corrected chi connectivity index (χ1v) is 25.5. The van der Waals surface area contributed by atoms with Gasteiger partial charge in [0.1, 0.15) is 28.4 Å². The number of fused-ring (bicyclic) bond motifs is 16. The van der Waals surface area contributed by atoms with Gasteiger partial charge in [-0.3, -0.25) is 0 Å². The van der Waals surface area contributed by atoms with E-state index in [4.69, 9.17) is 8.83 Å². The maximum atomic E-state index is 12.2. The van der Waals surface area contributed by atoms with E-state index in [0.29, 0.717) is 16.9 Å². The molecule has 348 valence electrons. The molecule has 0 saturated heterocycles. The maximum absolute atomic E-state index is 12.2. The van der Waals surface area contributed by atoms with E-state index in [1.54, 1.807) is 0 Å². The monoisotopic (exact) mass is 965 g/mol. The summed E-state index contributed by atoms with van der Waals surface area (Å²) >= 11 is 0. The van der Waals surface area contributed by atoms with Crippen LogP contribution in [0.4, 0.5) is 22.7 Å². The fourth-order valence-corrected chi connectivity index (χ4v) is 13.2. The summed E-state index contributed by atoms with van der Waals surface area (Å²) in [6.45, 7) is 9.23. The van der Waals surface area contributed by atoms with Crippen molar-refractivity contribution in [2.75, 3.05) is 4.90 Å². The molecule has 0 radical (unpaired) electrons. The van der Waals surface area contributed by atoms with Crippen LogP contribution in [-0.4, -0.2) is 15.8 Å². The van der Waals surface area contributed by atoms with Gasteiger partial charge < -0.3 is 22.9 Å². The zero-order chi connectivity index (χ0) is 49.9. The van der Waals surface area contributed by atoms with E-state index in [9.17, 15) is 11.8 Å². The van der Waals surface area contributed by atoms with E-state index in [2.05, 4.69) is 213 Å². The molecule has 4 aromatic heterocycles. The molecule has 0 amide bonds. The van der Waals surface area contributed by atoms with Crippen molar-refractivity contribution in [3.05, 3.63) is 235 Å². The molecule has 2 aliphatic heterocycles. The predicted molar refractivity (Wildman–Crippen MR) is 311 cm³/mol. The largest absolute Gasteiger partial charge is 0.456 e. The lowest BCUT2D eigenvalue weighted by Crippen LogP contribution is -2.60. The van der Waals surface area contributed by atoms with E-state index < -0.39 is 0 Å². The number of para-hydroxylation sites is 6. The zero-order valence-corrected chi connectivity index (χ0v) is 40.4. The lowest BCUT2D eigenvalue weighted by atomic mass is 9.33. The quantitative estimate of drug-likeness (QED) is 0.130. The van der Waals surface area contributed by atoms with E-state index in [-0.39, 0.29) is 6.71 Å². The molecule has 0 spiro atoms. The fraction of sp³-hybridized carbons (Fsp3) is 0. The van der Waals surface area contributed by atoms with Gasteiger partial charge in [-0.05, 0) is 124 Å². The van der Waals surface area contributed by atoms with Crippen LogP contribution in [0.25, 0.3) is 126 Å². The van der Waals surface area contributed by atoms with Crippen molar-refractivity contribution in [1.29, 1.82) is 5.26 Å². The summed E-state index contributed by atoms with van der Waals surface area (Å²) in [5, 5.41) is 20.6. The first kappa shape index (κ1) is 41.0. The highest BCUT2D eigenvalue weighted by Gasteiger charge is 2.46. The van der Waals surface area contributed by atoms with Crippen molar-refractivity contribution in [3.8, 4) is 39.7 Å². The Morgan fingerprint density at radius 3 is 1.58 bits per heavy atom. The van der Waals surface area contributed by atoms with Crippen LogP contribution in [-0.2, 0) is 0 Å². The molecule has 15 aromatic rings. The SMILES string of the molecule is [C-]#[N+]c1c(-n2c3ccc(-c4ccc5oc6ccccc6c5c4)cc3c3cc(-c4ccc5oc6ccccc6c5c4)ccc32)c(C#N)c2c3c1-n1c4ccccc4c4cccc(c41)B3c1ccccc1N2c1ccccc1. The third-order valence-corrected chi connectivity index (χ3v) is 16.3. The van der Waals surface area contributed by atoms with Crippen LogP contribution in [0.2, 0.25) is 0 Å². The molecular weight excluding hydrogens is 930 g/mol. The summed E-state index contributed by atoms with van der Waals surface area (Å²) in [5.74, 6) is 0. The molecule has 2 aliphatic rings. The van der Waals surface area contributed by atoms with Crippen LogP contribution >= 0.6 is 0 Å². The lowest BCUT2D eigenvalue weighted by molar-refractivity contribution is 0.668. The van der Waals surface area contributed by atoms with Gasteiger partial charge in [0.25, 0.3) is 6.71 Å². The Kier molecular flexibility index (Phi) is 8.10. The van der Waals surface area contributed by atoms with Crippen molar-refractivity contribution in [1.82, 2.24) is 9.13 Å². The highest BCUT2D eigenvalue weighted by molar-refractivity contribution is 7.00. The highest BCUT2D eigenvalue weighted by Crippen LogP contribution is 2.51. The second-order valence-corrected chi connectivity index (χ2v) is 20.1. The van der Waals surface area contributed by atoms with Gasteiger partial charge >= 0.3 is 0 Å². The number of nitrogens with zero attached hydrogens (tertiary/aromatic N) is 5. The summed E-state index contributed by atoms with van der Waals surface area (Å²) < 4.78 is 17.1. The van der Waals surface area contributed by atoms with Crippen LogP contribution in [0.5, 0.6) is 0 Å². The van der Waals surface area contributed by atoms with Gasteiger partial charge in [-0.25, -0.2) is 4.85 Å². The molecule has 0 unspecified atom stereocenters. The highest BCUT2D eigenvalue weighted by atomic mass is 16.3. The minimum Gasteiger partial charge on any atom is -0.456 e. The molecule has 76 heavy (non-hydrogen) atoms. The number of furan rings is 2. The Hall–Kier alpha value is -10.5. The third kappa shape index (κ3) is 5.33. The van der Waals surface area contributed by atoms with Gasteiger partial charge in [-0.15, -0.1) is 0 Å². The fourth-order valence-electron chi connectivity index (χ4n) is 13.2. The molecule has 7 nitrogen and oxygen atoms in total. The minimum absolute atomic E-state index is 0.263. The van der Waals surface area contributed by atoms with Gasteiger partial charge in [-0.2, -0.15) is 5.26 Å². The summed E-state index contributed by atoms with van der Waals surface area (Å²) in [6, 6.07) is 79.4. The molecule has 0 aliphatic carbocycles. The van der Waals surface area contributed by atoms with E-state index >= 15 is 0 Å². The first-order valence-electron chi connectivity index (χ1n) is 25.5. The molecular formula is C68H36BN5O2. The van der Waals surface area contributed by atoms with Gasteiger partial charge in [0.05, 0.1) is 45.7 Å². The lowest BCUT2D eigenvalue weighted by Gasteiger charge is -2.42. The van der Waals surface area contributed by atoms with Crippen LogP contribution in [0.1, 0.15) is 5.56 Å². The van der Waals surface area contributed by atoms with Crippen molar-refractivity contribution < 1.29 is 8.83 Å². The second-order valence-electron chi connectivity index (χ2n) is 20.1. The molecule has 0 saturated carbocycles. The number of benzene rings is 11. The summed E-state index contributed by atoms with van der Waals surface area (Å²) in [6.07, 6.45) is 0. The summed E-state index contributed by atoms with van der Waals surface area (Å²) in [7, 11) is 0. The van der Waals surface area contributed by atoms with Gasteiger partial charge in [0, 0.05) is 60.0 Å². The first-order chi connectivity index (χ1) is 37.6. The van der Waals surface area contributed by atoms with Crippen molar-refractivity contribution in [2.24, 2.45) is 0 Å². The van der Waals surface area contributed by atoms with Gasteiger partial charge in [0.15, 0.2) is 0 Å². The molecule has 17 rings (SSSR count). The van der Waals surface area contributed by atoms with Crippen molar-refractivity contribution in [2.45, 2.75) is 0 Å². The van der Waals surface area contributed by atoms with Gasteiger partial charge in [0.2, 0.25) is 5.69 Å². The Balaban J connectivity index is 1.01. The number of hydrogen-bond acceptors (Lipinski definition) is 4. The normalized spacial score (nSPS) is 12.7. The Morgan fingerprint density at radius 2 is 0.934 bits per heavy atom. The number of nitriles is 1. The number of aromatic nitrogens is 2. The molecule has 11 aromatic carbocycles. The molecule has 0 bridgehead atoms. The van der Waals surface area contributed by atoms with Crippen LogP contribution in [0, 0.1) is 17.9 Å². The number of anilines is 3. The molecule has 0 fully saturated rings. The Bertz CT molecular complexity index is 5010. The topological polar surface area (TPSA) is 67.5 Å². The number of rotatable bonds is 4. The smallest absolute Gasteiger partial charge is 0.250 e. The Morgan fingerprint density at radius 1 is 0.421 bits per heavy atom. The molecule has 6 heterocycles. The third-order valence-electron chi connectivity index (χ3n) is 16.3. The number of hydrogen-bond donors (Lipinski definition) is 0. The van der Waals surface area contributed by atoms with Gasteiger partial charge in [-0.1, -0.05) is 133 Å². The zero-order valence-electron chi connectivity index (χ0n) is 40.4. The summed E-state index contributed by atoms with van der Waals surface area (Å²) in [4.78, 5) is 6.92. The van der Waals surface area contributed by atoms with Crippen molar-refractivity contribution >= 4 is 133 Å². The van der Waals surface area contributed by atoms with Crippen LogP contribution in [0.3, 0.4) is 0 Å². The van der Waals surface area contributed by atoms with E-state index in [1.165, 1.54) is 0 Å². The Labute approximate surface area is 434 Å². The molecule has 8 heteroatoms. The standard InChI is InChI=1S/C68H36BN5O2/c1-71-64-67(52(38-70)66-63-68(64)74-55-22-9-5-16-44(55)47-19-13-21-54(65(47)74)69(63)53-20-8-10-23-58(53)72(66)43-14-3-2-4-15-43)73-56-30-26-39(41-28-32-61-50(36-41)45-17-6-11-24-59(45)75-61)34-48(56)49-35-40(27-31-57(49)73)42-29-33-62-51(37-42)46-18-7-12-25-60(46)76-62/h2-37H. The average molecular weight is 966 g/mol. The predicted octanol–water partition coefficient (Wildman–Crippen LogP) is 16.0. The van der Waals surface area contributed by atoms with Crippen LogP contribution < -0.4 is 21.3 Å². The average Bonchev–Trinajstić information content (AvgIpc) is 4.36. The van der Waals surface area contributed by atoms with Crippen molar-refractivity contribution in [3.63, 3.8) is 0 Å². The molecule has 0 atom stereocenters. The maximum Gasteiger partial charge on any atom is 0.250 e. The summed E-state index contributed by atoms with van der Waals surface area (Å²) in [5.41, 5.74) is 19.6. The second kappa shape index (κ2) is 15.0. The van der Waals surface area contributed by atoms with E-state index in [1.807, 2.05) is 30.3 Å². The van der Waals surface area contributed by atoms with E-state index in [0.717, 1.165) is 149 Å². The molecule has 0 N–H and O–H groups in total.